The molecule has 0 aliphatic carbocycles. The zero-order valence-electron chi connectivity index (χ0n) is 21.8. The van der Waals surface area contributed by atoms with Crippen LogP contribution in [0.2, 0.25) is 0 Å². The summed E-state index contributed by atoms with van der Waals surface area (Å²) in [6.45, 7) is 4.83. The van der Waals surface area contributed by atoms with Crippen LogP contribution in [-0.2, 0) is 20.9 Å². The fourth-order valence-electron chi connectivity index (χ4n) is 4.85. The Labute approximate surface area is 230 Å². The molecule has 11 heteroatoms. The van der Waals surface area contributed by atoms with Gasteiger partial charge in [-0.05, 0) is 42.6 Å². The number of carbonyl (C=O) groups is 2. The summed E-state index contributed by atoms with van der Waals surface area (Å²) in [6.07, 6.45) is 0.157. The Hall–Kier alpha value is -3.96. The Bertz CT molecular complexity index is 1360. The second-order valence-corrected chi connectivity index (χ2v) is 10.5. The molecule has 3 heterocycles. The van der Waals surface area contributed by atoms with Crippen LogP contribution in [0.5, 0.6) is 0 Å². The molecule has 0 saturated carbocycles. The number of non-ortho nitro benzene ring substituents is 1. The van der Waals surface area contributed by atoms with Crippen LogP contribution in [0.25, 0.3) is 0 Å². The second-order valence-electron chi connectivity index (χ2n) is 9.66. The SMILES string of the molecule is CC1=C(C(=O)OCc2ccccc2)[C@@H](c2ccc([N+](=O)[O-])cc2)N2C(CC(=O)N3CCN(C)CC3)=CSC2=N1. The van der Waals surface area contributed by atoms with Crippen LogP contribution >= 0.6 is 11.8 Å². The summed E-state index contributed by atoms with van der Waals surface area (Å²) in [4.78, 5) is 48.3. The molecule has 0 N–H and O–H groups in total. The number of ether oxygens (including phenoxy) is 1. The summed E-state index contributed by atoms with van der Waals surface area (Å²) in [5.74, 6) is -0.512. The molecule has 1 atom stereocenters. The predicted molar refractivity (Wildman–Crippen MR) is 148 cm³/mol. The van der Waals surface area contributed by atoms with E-state index in [-0.39, 0.29) is 24.6 Å². The van der Waals surface area contributed by atoms with E-state index in [1.54, 1.807) is 19.1 Å². The van der Waals surface area contributed by atoms with E-state index in [0.717, 1.165) is 24.4 Å². The van der Waals surface area contributed by atoms with Crippen molar-refractivity contribution in [3.63, 3.8) is 0 Å². The molecule has 3 aliphatic rings. The number of amidine groups is 1. The largest absolute Gasteiger partial charge is 0.457 e. The van der Waals surface area contributed by atoms with Gasteiger partial charge >= 0.3 is 5.97 Å². The molecule has 0 aromatic heterocycles. The number of hydrogen-bond donors (Lipinski definition) is 0. The Morgan fingerprint density at radius 3 is 2.44 bits per heavy atom. The lowest BCUT2D eigenvalue weighted by Gasteiger charge is -2.37. The average Bonchev–Trinajstić information content (AvgIpc) is 3.33. The Kier molecular flexibility index (Phi) is 7.80. The maximum Gasteiger partial charge on any atom is 0.338 e. The normalized spacial score (nSPS) is 19.4. The summed E-state index contributed by atoms with van der Waals surface area (Å²) >= 11 is 1.40. The van der Waals surface area contributed by atoms with Gasteiger partial charge in [-0.25, -0.2) is 9.79 Å². The quantitative estimate of drug-likeness (QED) is 0.290. The Morgan fingerprint density at radius 2 is 1.77 bits per heavy atom. The second kappa shape index (κ2) is 11.4. The van der Waals surface area contributed by atoms with Crippen LogP contribution in [0.1, 0.15) is 30.5 Å². The van der Waals surface area contributed by atoms with Crippen molar-refractivity contribution in [3.05, 3.63) is 98.2 Å². The number of benzene rings is 2. The van der Waals surface area contributed by atoms with Gasteiger partial charge in [0, 0.05) is 44.0 Å². The van der Waals surface area contributed by atoms with Gasteiger partial charge < -0.3 is 19.4 Å². The zero-order chi connectivity index (χ0) is 27.5. The number of esters is 1. The van der Waals surface area contributed by atoms with Gasteiger partial charge in [0.2, 0.25) is 5.91 Å². The van der Waals surface area contributed by atoms with E-state index in [0.29, 0.717) is 35.1 Å². The number of carbonyl (C=O) groups excluding carboxylic acids is 2. The Balaban J connectivity index is 1.45. The molecule has 1 fully saturated rings. The van der Waals surface area contributed by atoms with Crippen molar-refractivity contribution < 1.29 is 19.2 Å². The number of rotatable bonds is 7. The van der Waals surface area contributed by atoms with Crippen molar-refractivity contribution in [2.75, 3.05) is 33.2 Å². The first-order valence-corrected chi connectivity index (χ1v) is 13.6. The number of hydrogen-bond acceptors (Lipinski definition) is 9. The van der Waals surface area contributed by atoms with Crippen LogP contribution < -0.4 is 0 Å². The van der Waals surface area contributed by atoms with Crippen LogP contribution in [0.4, 0.5) is 5.69 Å². The molecule has 0 bridgehead atoms. The standard InChI is InChI=1S/C28H29N5O5S/c1-19-25(27(35)38-17-20-6-4-3-5-7-20)26(21-8-10-22(11-9-21)33(36)37)32-23(18-39-28(32)29-19)16-24(34)31-14-12-30(2)13-15-31/h3-11,18,26H,12-17H2,1-2H3/t26-/m1/s1. The molecule has 39 heavy (non-hydrogen) atoms. The number of nitro benzene ring substituents is 1. The van der Waals surface area contributed by atoms with Crippen molar-refractivity contribution in [2.24, 2.45) is 4.99 Å². The Morgan fingerprint density at radius 1 is 1.08 bits per heavy atom. The molecule has 0 unspecified atom stereocenters. The van der Waals surface area contributed by atoms with Crippen LogP contribution in [0, 0.1) is 10.1 Å². The minimum atomic E-state index is -0.650. The van der Waals surface area contributed by atoms with Crippen molar-refractivity contribution >= 4 is 34.5 Å². The number of allylic oxidation sites excluding steroid dienone is 1. The summed E-state index contributed by atoms with van der Waals surface area (Å²) in [7, 11) is 2.04. The third-order valence-corrected chi connectivity index (χ3v) is 7.93. The molecular formula is C28H29N5O5S. The first-order valence-electron chi connectivity index (χ1n) is 12.7. The van der Waals surface area contributed by atoms with Gasteiger partial charge in [0.25, 0.3) is 5.69 Å². The summed E-state index contributed by atoms with van der Waals surface area (Å²) in [5.41, 5.74) is 3.05. The number of amides is 1. The highest BCUT2D eigenvalue weighted by Gasteiger charge is 2.41. The lowest BCUT2D eigenvalue weighted by molar-refractivity contribution is -0.384. The molecule has 0 radical (unpaired) electrons. The highest BCUT2D eigenvalue weighted by atomic mass is 32.2. The van der Waals surface area contributed by atoms with Crippen molar-refractivity contribution in [1.29, 1.82) is 0 Å². The molecule has 1 saturated heterocycles. The number of likely N-dealkylation sites (N-methyl/N-ethyl adjacent to an activating group) is 1. The highest BCUT2D eigenvalue weighted by Crippen LogP contribution is 2.45. The summed E-state index contributed by atoms with van der Waals surface area (Å²) < 4.78 is 5.71. The minimum Gasteiger partial charge on any atom is -0.457 e. The van der Waals surface area contributed by atoms with Crippen LogP contribution in [-0.4, -0.2) is 69.9 Å². The molecule has 3 aliphatic heterocycles. The van der Waals surface area contributed by atoms with E-state index in [2.05, 4.69) is 4.90 Å². The number of thioether (sulfide) groups is 1. The molecule has 1 amide bonds. The van der Waals surface area contributed by atoms with Crippen molar-refractivity contribution in [3.8, 4) is 0 Å². The smallest absolute Gasteiger partial charge is 0.338 e. The van der Waals surface area contributed by atoms with Gasteiger partial charge in [0.1, 0.15) is 6.61 Å². The molecule has 202 valence electrons. The van der Waals surface area contributed by atoms with E-state index in [1.807, 2.05) is 52.6 Å². The van der Waals surface area contributed by atoms with Gasteiger partial charge in [0.05, 0.1) is 28.7 Å². The monoisotopic (exact) mass is 547 g/mol. The summed E-state index contributed by atoms with van der Waals surface area (Å²) in [5, 5.41) is 13.8. The average molecular weight is 548 g/mol. The fraction of sp³-hybridized carbons (Fsp3) is 0.321. The number of fused-ring (bicyclic) bond motifs is 1. The molecular weight excluding hydrogens is 518 g/mol. The van der Waals surface area contributed by atoms with Gasteiger partial charge in [0.15, 0.2) is 5.17 Å². The predicted octanol–water partition coefficient (Wildman–Crippen LogP) is 4.08. The maximum atomic E-state index is 13.5. The first-order chi connectivity index (χ1) is 18.8. The van der Waals surface area contributed by atoms with Gasteiger partial charge in [-0.1, -0.05) is 42.1 Å². The highest BCUT2D eigenvalue weighted by molar-refractivity contribution is 8.16. The molecule has 2 aromatic carbocycles. The molecule has 5 rings (SSSR count). The minimum absolute atomic E-state index is 0.0122. The van der Waals surface area contributed by atoms with E-state index in [4.69, 9.17) is 9.73 Å². The molecule has 10 nitrogen and oxygen atoms in total. The van der Waals surface area contributed by atoms with E-state index in [9.17, 15) is 19.7 Å². The number of piperazine rings is 1. The zero-order valence-corrected chi connectivity index (χ0v) is 22.6. The lowest BCUT2D eigenvalue weighted by Crippen LogP contribution is -2.47. The maximum absolute atomic E-state index is 13.5. The number of nitro groups is 1. The van der Waals surface area contributed by atoms with E-state index >= 15 is 0 Å². The number of aliphatic imine (C=N–C) groups is 1. The van der Waals surface area contributed by atoms with Crippen LogP contribution in [0.3, 0.4) is 0 Å². The van der Waals surface area contributed by atoms with Crippen molar-refractivity contribution in [1.82, 2.24) is 14.7 Å². The first kappa shape index (κ1) is 26.6. The van der Waals surface area contributed by atoms with Crippen molar-refractivity contribution in [2.45, 2.75) is 26.0 Å². The third kappa shape index (κ3) is 5.74. The van der Waals surface area contributed by atoms with Crippen LogP contribution in [0.15, 0.2) is 82.0 Å². The molecule has 2 aromatic rings. The van der Waals surface area contributed by atoms with E-state index < -0.39 is 16.9 Å². The lowest BCUT2D eigenvalue weighted by atomic mass is 9.93. The topological polar surface area (TPSA) is 109 Å². The van der Waals surface area contributed by atoms with Gasteiger partial charge in [-0.3, -0.25) is 14.9 Å². The van der Waals surface area contributed by atoms with Gasteiger partial charge in [-0.15, -0.1) is 0 Å². The fourth-order valence-corrected chi connectivity index (χ4v) is 5.81. The summed E-state index contributed by atoms with van der Waals surface area (Å²) in [6, 6.07) is 14.9. The number of nitrogens with zero attached hydrogens (tertiary/aromatic N) is 5. The van der Waals surface area contributed by atoms with E-state index in [1.165, 1.54) is 23.9 Å². The molecule has 0 spiro atoms. The third-order valence-electron chi connectivity index (χ3n) is 7.04. The van der Waals surface area contributed by atoms with Gasteiger partial charge in [-0.2, -0.15) is 0 Å².